The average Bonchev–Trinajstić information content (AvgIpc) is 2.43. The zero-order chi connectivity index (χ0) is 16.4. The summed E-state index contributed by atoms with van der Waals surface area (Å²) in [5.41, 5.74) is 1.17. The Labute approximate surface area is 140 Å². The molecule has 0 aromatic heterocycles. The van der Waals surface area contributed by atoms with Gasteiger partial charge in [-0.3, -0.25) is 0 Å². The first-order chi connectivity index (χ1) is 10.3. The van der Waals surface area contributed by atoms with Gasteiger partial charge in [0.2, 0.25) is 0 Å². The molecular formula is C22H42. The van der Waals surface area contributed by atoms with Crippen LogP contribution in [0.3, 0.4) is 0 Å². The molecule has 0 nitrogen and oxygen atoms in total. The molecule has 130 valence electrons. The third-order valence-electron chi connectivity index (χ3n) is 7.52. The fourth-order valence-corrected chi connectivity index (χ4v) is 5.95. The molecule has 22 heavy (non-hydrogen) atoms. The third kappa shape index (κ3) is 4.30. The maximum absolute atomic E-state index is 2.56. The van der Waals surface area contributed by atoms with Crippen molar-refractivity contribution >= 4 is 0 Å². The van der Waals surface area contributed by atoms with Crippen LogP contribution in [-0.2, 0) is 0 Å². The molecule has 0 aromatic rings. The highest BCUT2D eigenvalue weighted by molar-refractivity contribution is 4.91. The Balaban J connectivity index is 1.92. The van der Waals surface area contributed by atoms with Crippen molar-refractivity contribution < 1.29 is 0 Å². The van der Waals surface area contributed by atoms with Crippen LogP contribution in [0, 0.1) is 34.5 Å². The molecule has 0 radical (unpaired) electrons. The van der Waals surface area contributed by atoms with Gasteiger partial charge in [-0.25, -0.2) is 0 Å². The van der Waals surface area contributed by atoms with Crippen molar-refractivity contribution in [2.75, 3.05) is 0 Å². The summed E-state index contributed by atoms with van der Waals surface area (Å²) in [6.45, 7) is 15.0. The largest absolute Gasteiger partial charge is 0.0654 e. The molecule has 0 heteroatoms. The van der Waals surface area contributed by atoms with Crippen molar-refractivity contribution in [3.05, 3.63) is 0 Å². The van der Waals surface area contributed by atoms with E-state index in [1.165, 1.54) is 64.2 Å². The highest BCUT2D eigenvalue weighted by Crippen LogP contribution is 2.51. The van der Waals surface area contributed by atoms with Gasteiger partial charge in [-0.05, 0) is 66.6 Å². The predicted octanol–water partition coefficient (Wildman–Crippen LogP) is 7.47. The highest BCUT2D eigenvalue weighted by Gasteiger charge is 2.41. The zero-order valence-electron chi connectivity index (χ0n) is 16.4. The van der Waals surface area contributed by atoms with Gasteiger partial charge in [-0.15, -0.1) is 0 Å². The van der Waals surface area contributed by atoms with Crippen molar-refractivity contribution in [1.29, 1.82) is 0 Å². The smallest absolute Gasteiger partial charge is 0.0323 e. The van der Waals surface area contributed by atoms with Gasteiger partial charge < -0.3 is 0 Å². The fraction of sp³-hybridized carbons (Fsp3) is 1.00. The Bertz CT molecular complexity index is 338. The summed E-state index contributed by atoms with van der Waals surface area (Å²) in [5.74, 6) is 3.98. The van der Waals surface area contributed by atoms with Crippen LogP contribution in [0.4, 0.5) is 0 Å². The summed E-state index contributed by atoms with van der Waals surface area (Å²) < 4.78 is 0. The van der Waals surface area contributed by atoms with Crippen molar-refractivity contribution in [2.45, 2.75) is 106 Å². The standard InChI is InChI=1S/C22H42/c1-7-9-19-12-11-18(16-21(19,3)4)14-20-13-10-17(8-2)15-22(20,5)6/h17-20H,7-16H2,1-6H3/t17-,18+,19-,20+/m0/s1. The summed E-state index contributed by atoms with van der Waals surface area (Å²) >= 11 is 0. The maximum atomic E-state index is 2.56. The second-order valence-electron chi connectivity index (χ2n) is 10.1. The van der Waals surface area contributed by atoms with Crippen molar-refractivity contribution in [1.82, 2.24) is 0 Å². The number of rotatable bonds is 5. The van der Waals surface area contributed by atoms with E-state index in [1.807, 2.05) is 0 Å². The molecule has 2 fully saturated rings. The van der Waals surface area contributed by atoms with E-state index in [0.717, 1.165) is 23.7 Å². The van der Waals surface area contributed by atoms with E-state index >= 15 is 0 Å². The summed E-state index contributed by atoms with van der Waals surface area (Å²) in [5, 5.41) is 0. The first kappa shape index (κ1) is 18.3. The highest BCUT2D eigenvalue weighted by atomic mass is 14.5. The molecule has 0 amide bonds. The molecular weight excluding hydrogens is 264 g/mol. The molecule has 0 heterocycles. The minimum atomic E-state index is 0.587. The van der Waals surface area contributed by atoms with E-state index in [-0.39, 0.29) is 0 Å². The van der Waals surface area contributed by atoms with Crippen LogP contribution in [0.5, 0.6) is 0 Å². The van der Waals surface area contributed by atoms with Crippen LogP contribution in [0.2, 0.25) is 0 Å². The molecule has 2 saturated carbocycles. The summed E-state index contributed by atoms with van der Waals surface area (Å²) in [4.78, 5) is 0. The zero-order valence-corrected chi connectivity index (χ0v) is 16.4. The van der Waals surface area contributed by atoms with E-state index in [9.17, 15) is 0 Å². The number of hydrogen-bond donors (Lipinski definition) is 0. The Morgan fingerprint density at radius 1 is 0.727 bits per heavy atom. The Morgan fingerprint density at radius 3 is 1.82 bits per heavy atom. The lowest BCUT2D eigenvalue weighted by atomic mass is 9.58. The summed E-state index contributed by atoms with van der Waals surface area (Å²) in [6, 6.07) is 0. The number of hydrogen-bond acceptors (Lipinski definition) is 0. The van der Waals surface area contributed by atoms with E-state index < -0.39 is 0 Å². The Hall–Kier alpha value is 0. The second-order valence-corrected chi connectivity index (χ2v) is 10.1. The Kier molecular flexibility index (Phi) is 6.06. The van der Waals surface area contributed by atoms with Gasteiger partial charge >= 0.3 is 0 Å². The van der Waals surface area contributed by atoms with Gasteiger partial charge in [0, 0.05) is 0 Å². The van der Waals surface area contributed by atoms with Crippen molar-refractivity contribution in [3.8, 4) is 0 Å². The van der Waals surface area contributed by atoms with E-state index in [0.29, 0.717) is 10.8 Å². The molecule has 2 aliphatic rings. The Morgan fingerprint density at radius 2 is 1.27 bits per heavy atom. The minimum Gasteiger partial charge on any atom is -0.0654 e. The SMILES string of the molecule is CCC[C@H]1CC[C@H](C[C@H]2CC[C@H](CC)CC2(C)C)CC1(C)C. The molecule has 0 N–H and O–H groups in total. The molecule has 2 aliphatic carbocycles. The minimum absolute atomic E-state index is 0.587. The molecule has 4 atom stereocenters. The van der Waals surface area contributed by atoms with Crippen LogP contribution in [-0.4, -0.2) is 0 Å². The van der Waals surface area contributed by atoms with Crippen LogP contribution >= 0.6 is 0 Å². The van der Waals surface area contributed by atoms with Crippen LogP contribution in [0.15, 0.2) is 0 Å². The topological polar surface area (TPSA) is 0 Å². The van der Waals surface area contributed by atoms with Crippen LogP contribution in [0.25, 0.3) is 0 Å². The quantitative estimate of drug-likeness (QED) is 0.494. The van der Waals surface area contributed by atoms with Crippen LogP contribution in [0.1, 0.15) is 106 Å². The first-order valence-corrected chi connectivity index (χ1v) is 10.3. The fourth-order valence-electron chi connectivity index (χ4n) is 5.95. The molecule has 0 aliphatic heterocycles. The lowest BCUT2D eigenvalue weighted by Gasteiger charge is -2.47. The maximum Gasteiger partial charge on any atom is -0.0323 e. The van der Waals surface area contributed by atoms with Gasteiger partial charge in [0.1, 0.15) is 0 Å². The van der Waals surface area contributed by atoms with Crippen molar-refractivity contribution in [2.24, 2.45) is 34.5 Å². The molecule has 0 unspecified atom stereocenters. The van der Waals surface area contributed by atoms with Gasteiger partial charge in [0.25, 0.3) is 0 Å². The van der Waals surface area contributed by atoms with Crippen LogP contribution < -0.4 is 0 Å². The van der Waals surface area contributed by atoms with Gasteiger partial charge in [-0.1, -0.05) is 73.6 Å². The summed E-state index contributed by atoms with van der Waals surface area (Å²) in [6.07, 6.45) is 14.7. The monoisotopic (exact) mass is 306 g/mol. The lowest BCUT2D eigenvalue weighted by Crippen LogP contribution is -2.37. The van der Waals surface area contributed by atoms with Gasteiger partial charge in [0.05, 0.1) is 0 Å². The van der Waals surface area contributed by atoms with Crippen molar-refractivity contribution in [3.63, 3.8) is 0 Å². The summed E-state index contributed by atoms with van der Waals surface area (Å²) in [7, 11) is 0. The molecule has 0 bridgehead atoms. The van der Waals surface area contributed by atoms with Gasteiger partial charge in [0.15, 0.2) is 0 Å². The van der Waals surface area contributed by atoms with E-state index in [1.54, 1.807) is 0 Å². The lowest BCUT2D eigenvalue weighted by molar-refractivity contribution is 0.0328. The molecule has 2 rings (SSSR count). The molecule has 0 spiro atoms. The van der Waals surface area contributed by atoms with E-state index in [4.69, 9.17) is 0 Å². The molecule has 0 saturated heterocycles. The van der Waals surface area contributed by atoms with E-state index in [2.05, 4.69) is 41.5 Å². The average molecular weight is 307 g/mol. The normalized spacial score (nSPS) is 37.9. The first-order valence-electron chi connectivity index (χ1n) is 10.3. The molecule has 0 aromatic carbocycles. The second kappa shape index (κ2) is 7.27. The van der Waals surface area contributed by atoms with Gasteiger partial charge in [-0.2, -0.15) is 0 Å². The predicted molar refractivity (Wildman–Crippen MR) is 99.0 cm³/mol. The third-order valence-corrected chi connectivity index (χ3v) is 7.52.